The highest BCUT2D eigenvalue weighted by Crippen LogP contribution is 2.28. The fourth-order valence-electron chi connectivity index (χ4n) is 3.05. The van der Waals surface area contributed by atoms with E-state index >= 15 is 0 Å². The second kappa shape index (κ2) is 7.81. The maximum atomic E-state index is 11.6. The predicted molar refractivity (Wildman–Crippen MR) is 97.8 cm³/mol. The number of hydrogen-bond acceptors (Lipinski definition) is 7. The number of anilines is 3. The van der Waals surface area contributed by atoms with Gasteiger partial charge in [0, 0.05) is 29.7 Å². The largest absolute Gasteiger partial charge is 0.465 e. The standard InChI is InChI=1S/C18H20N4O4/c1-26-18(23)12-9-16(22(24)25)17(19-11-12)21-15-8-4-7-14(10-15)20-13-5-2-3-6-13/h4,7-11,13,20H,2-3,5-6H2,1H3,(H,19,21). The zero-order chi connectivity index (χ0) is 18.5. The highest BCUT2D eigenvalue weighted by atomic mass is 16.6. The molecule has 1 heterocycles. The number of aromatic nitrogens is 1. The third kappa shape index (κ3) is 4.08. The Hall–Kier alpha value is -3.16. The molecular weight excluding hydrogens is 336 g/mol. The van der Waals surface area contributed by atoms with E-state index in [4.69, 9.17) is 0 Å². The summed E-state index contributed by atoms with van der Waals surface area (Å²) in [5, 5.41) is 17.8. The summed E-state index contributed by atoms with van der Waals surface area (Å²) in [4.78, 5) is 26.3. The number of nitro groups is 1. The molecule has 3 rings (SSSR count). The first-order chi connectivity index (χ1) is 12.6. The summed E-state index contributed by atoms with van der Waals surface area (Å²) in [6.07, 6.45) is 6.03. The third-order valence-corrected chi connectivity index (χ3v) is 4.34. The SMILES string of the molecule is COC(=O)c1cnc(Nc2cccc(NC3CCCC3)c2)c([N+](=O)[O-])c1. The fourth-order valence-corrected chi connectivity index (χ4v) is 3.05. The molecular formula is C18H20N4O4. The van der Waals surface area contributed by atoms with Gasteiger partial charge in [-0.3, -0.25) is 10.1 Å². The predicted octanol–water partition coefficient (Wildman–Crippen LogP) is 3.87. The van der Waals surface area contributed by atoms with E-state index < -0.39 is 10.9 Å². The molecule has 0 unspecified atom stereocenters. The number of hydrogen-bond donors (Lipinski definition) is 2. The van der Waals surface area contributed by atoms with Crippen LogP contribution in [-0.2, 0) is 4.74 Å². The lowest BCUT2D eigenvalue weighted by molar-refractivity contribution is -0.384. The Morgan fingerprint density at radius 1 is 1.27 bits per heavy atom. The van der Waals surface area contributed by atoms with E-state index in [2.05, 4.69) is 20.4 Å². The number of benzene rings is 1. The molecule has 1 aliphatic rings. The van der Waals surface area contributed by atoms with Crippen LogP contribution in [0, 0.1) is 10.1 Å². The number of rotatable bonds is 6. The molecule has 0 saturated heterocycles. The van der Waals surface area contributed by atoms with Crippen molar-refractivity contribution in [3.05, 3.63) is 52.2 Å². The topological polar surface area (TPSA) is 106 Å². The van der Waals surface area contributed by atoms with E-state index in [1.807, 2.05) is 18.2 Å². The van der Waals surface area contributed by atoms with Crippen molar-refractivity contribution in [2.75, 3.05) is 17.7 Å². The van der Waals surface area contributed by atoms with Gasteiger partial charge in [0.2, 0.25) is 5.82 Å². The number of esters is 1. The van der Waals surface area contributed by atoms with E-state index in [0.717, 1.165) is 24.6 Å². The molecule has 136 valence electrons. The van der Waals surface area contributed by atoms with Crippen LogP contribution >= 0.6 is 0 Å². The lowest BCUT2D eigenvalue weighted by atomic mass is 10.2. The molecule has 1 saturated carbocycles. The zero-order valence-corrected chi connectivity index (χ0v) is 14.4. The number of carbonyl (C=O) groups excluding carboxylic acids is 1. The smallest absolute Gasteiger partial charge is 0.339 e. The van der Waals surface area contributed by atoms with E-state index in [1.165, 1.54) is 26.1 Å². The molecule has 0 radical (unpaired) electrons. The molecule has 1 aromatic heterocycles. The minimum Gasteiger partial charge on any atom is -0.465 e. The molecule has 8 heteroatoms. The van der Waals surface area contributed by atoms with Crippen LogP contribution in [0.1, 0.15) is 36.0 Å². The summed E-state index contributed by atoms with van der Waals surface area (Å²) < 4.78 is 4.58. The van der Waals surface area contributed by atoms with Gasteiger partial charge in [0.1, 0.15) is 0 Å². The monoisotopic (exact) mass is 356 g/mol. The summed E-state index contributed by atoms with van der Waals surface area (Å²) in [5.74, 6) is -0.601. The van der Waals surface area contributed by atoms with Gasteiger partial charge in [-0.15, -0.1) is 0 Å². The van der Waals surface area contributed by atoms with Gasteiger partial charge < -0.3 is 15.4 Å². The van der Waals surface area contributed by atoms with Crippen molar-refractivity contribution in [2.24, 2.45) is 0 Å². The van der Waals surface area contributed by atoms with E-state index in [0.29, 0.717) is 11.7 Å². The second-order valence-electron chi connectivity index (χ2n) is 6.17. The lowest BCUT2D eigenvalue weighted by Crippen LogP contribution is -2.14. The van der Waals surface area contributed by atoms with Crippen LogP contribution < -0.4 is 10.6 Å². The average molecular weight is 356 g/mol. The van der Waals surface area contributed by atoms with Crippen LogP contribution in [0.2, 0.25) is 0 Å². The van der Waals surface area contributed by atoms with Crippen molar-refractivity contribution in [3.8, 4) is 0 Å². The maximum Gasteiger partial charge on any atom is 0.339 e. The molecule has 26 heavy (non-hydrogen) atoms. The highest BCUT2D eigenvalue weighted by molar-refractivity contribution is 5.90. The minimum absolute atomic E-state index is 0.0291. The van der Waals surface area contributed by atoms with E-state index in [9.17, 15) is 14.9 Å². The lowest BCUT2D eigenvalue weighted by Gasteiger charge is -2.15. The summed E-state index contributed by atoms with van der Waals surface area (Å²) in [6.45, 7) is 0. The van der Waals surface area contributed by atoms with Crippen LogP contribution in [-0.4, -0.2) is 29.0 Å². The minimum atomic E-state index is -0.671. The van der Waals surface area contributed by atoms with Crippen molar-refractivity contribution >= 4 is 28.8 Å². The Labute approximate surface area is 150 Å². The van der Waals surface area contributed by atoms with Crippen molar-refractivity contribution in [1.29, 1.82) is 0 Å². The molecule has 2 aromatic rings. The Balaban J connectivity index is 1.81. The molecule has 0 amide bonds. The van der Waals surface area contributed by atoms with Gasteiger partial charge in [0.15, 0.2) is 0 Å². The van der Waals surface area contributed by atoms with Crippen LogP contribution in [0.3, 0.4) is 0 Å². The number of nitrogens with zero attached hydrogens (tertiary/aromatic N) is 2. The number of nitrogens with one attached hydrogen (secondary N) is 2. The molecule has 0 aliphatic heterocycles. The first-order valence-corrected chi connectivity index (χ1v) is 8.43. The Kier molecular flexibility index (Phi) is 5.31. The van der Waals surface area contributed by atoms with Gasteiger partial charge in [-0.1, -0.05) is 18.9 Å². The molecule has 0 atom stereocenters. The van der Waals surface area contributed by atoms with Gasteiger partial charge in [-0.05, 0) is 31.0 Å². The van der Waals surface area contributed by atoms with Gasteiger partial charge in [-0.25, -0.2) is 9.78 Å². The summed E-state index contributed by atoms with van der Waals surface area (Å²) >= 11 is 0. The fraction of sp³-hybridized carbons (Fsp3) is 0.333. The first kappa shape index (κ1) is 17.7. The van der Waals surface area contributed by atoms with Crippen LogP contribution in [0.25, 0.3) is 0 Å². The molecule has 0 spiro atoms. The van der Waals surface area contributed by atoms with Crippen molar-refractivity contribution in [2.45, 2.75) is 31.7 Å². The quantitative estimate of drug-likeness (QED) is 0.459. The van der Waals surface area contributed by atoms with Crippen molar-refractivity contribution in [1.82, 2.24) is 4.98 Å². The second-order valence-corrected chi connectivity index (χ2v) is 6.17. The molecule has 1 aromatic carbocycles. The highest BCUT2D eigenvalue weighted by Gasteiger charge is 2.20. The number of pyridine rings is 1. The van der Waals surface area contributed by atoms with Crippen LogP contribution in [0.5, 0.6) is 0 Å². The Bertz CT molecular complexity index is 819. The first-order valence-electron chi connectivity index (χ1n) is 8.43. The Morgan fingerprint density at radius 2 is 2.00 bits per heavy atom. The molecule has 1 fully saturated rings. The van der Waals surface area contributed by atoms with E-state index in [-0.39, 0.29) is 17.1 Å². The van der Waals surface area contributed by atoms with Crippen molar-refractivity contribution < 1.29 is 14.5 Å². The normalized spacial score (nSPS) is 14.0. The van der Waals surface area contributed by atoms with Gasteiger partial charge in [0.25, 0.3) is 0 Å². The van der Waals surface area contributed by atoms with Gasteiger partial charge >= 0.3 is 11.7 Å². The number of methoxy groups -OCH3 is 1. The van der Waals surface area contributed by atoms with Crippen molar-refractivity contribution in [3.63, 3.8) is 0 Å². The van der Waals surface area contributed by atoms with E-state index in [1.54, 1.807) is 6.07 Å². The van der Waals surface area contributed by atoms with Crippen LogP contribution in [0.15, 0.2) is 36.5 Å². The zero-order valence-electron chi connectivity index (χ0n) is 14.4. The van der Waals surface area contributed by atoms with Gasteiger partial charge in [-0.2, -0.15) is 0 Å². The summed E-state index contributed by atoms with van der Waals surface area (Å²) in [6, 6.07) is 9.15. The number of ether oxygens (including phenoxy) is 1. The number of carbonyl (C=O) groups is 1. The maximum absolute atomic E-state index is 11.6. The molecule has 0 bridgehead atoms. The summed E-state index contributed by atoms with van der Waals surface area (Å²) in [7, 11) is 1.21. The third-order valence-electron chi connectivity index (χ3n) is 4.34. The Morgan fingerprint density at radius 3 is 2.69 bits per heavy atom. The molecule has 8 nitrogen and oxygen atoms in total. The molecule has 1 aliphatic carbocycles. The summed E-state index contributed by atoms with van der Waals surface area (Å²) in [5.41, 5.74) is 1.37. The molecule has 2 N–H and O–H groups in total. The average Bonchev–Trinajstić information content (AvgIpc) is 3.14. The van der Waals surface area contributed by atoms with Crippen LogP contribution in [0.4, 0.5) is 22.9 Å². The van der Waals surface area contributed by atoms with Gasteiger partial charge in [0.05, 0.1) is 17.6 Å².